The van der Waals surface area contributed by atoms with Gasteiger partial charge in [0, 0.05) is 46.5 Å². The minimum atomic E-state index is -0.0734. The minimum Gasteiger partial charge on any atom is -0.497 e. The van der Waals surface area contributed by atoms with Gasteiger partial charge in [0.2, 0.25) is 5.82 Å². The van der Waals surface area contributed by atoms with E-state index in [1.165, 1.54) is 6.33 Å². The van der Waals surface area contributed by atoms with Crippen LogP contribution in [0.2, 0.25) is 0 Å². The Hall–Kier alpha value is -4.80. The van der Waals surface area contributed by atoms with Crippen LogP contribution in [0, 0.1) is 0 Å². The molecule has 2 aliphatic rings. The molecule has 208 valence electrons. The molecule has 6 heterocycles. The van der Waals surface area contributed by atoms with Gasteiger partial charge in [0.05, 0.1) is 24.7 Å². The van der Waals surface area contributed by atoms with E-state index < -0.39 is 0 Å². The van der Waals surface area contributed by atoms with Crippen LogP contribution in [0.25, 0.3) is 28.0 Å². The standard InChI is InChI=1S/C30H31N9O2/c1-3-23-26(19-12-20-7-8-21(13-19)38(20)30(40)28-33-16-34-37-28)36-29-24(15-35-39(29)27(23)31)18-6-11-25(32-14-18)17-4-9-22(41-2)10-5-17/h4-6,9-11,14-16,19-21H,3,7-8,12-13,31H2,1-2H3,(H,33,34,37)/t19?,20-,21+. The number of aromatic amines is 1. The average Bonchev–Trinajstić information content (AvgIpc) is 3.75. The first-order chi connectivity index (χ1) is 20.1. The van der Waals surface area contributed by atoms with Crippen LogP contribution >= 0.6 is 0 Å². The number of benzene rings is 1. The van der Waals surface area contributed by atoms with E-state index in [1.54, 1.807) is 11.6 Å². The first kappa shape index (κ1) is 25.2. The summed E-state index contributed by atoms with van der Waals surface area (Å²) in [5.41, 5.74) is 13.2. The highest BCUT2D eigenvalue weighted by Crippen LogP contribution is 2.45. The highest BCUT2D eigenvalue weighted by molar-refractivity contribution is 5.91. The van der Waals surface area contributed by atoms with Gasteiger partial charge in [-0.05, 0) is 62.4 Å². The topological polar surface area (TPSA) is 140 Å². The number of nitrogens with one attached hydrogen (secondary N) is 1. The maximum Gasteiger partial charge on any atom is 0.291 e. The Labute approximate surface area is 236 Å². The molecule has 2 fully saturated rings. The van der Waals surface area contributed by atoms with Crippen LogP contribution in [-0.2, 0) is 6.42 Å². The summed E-state index contributed by atoms with van der Waals surface area (Å²) in [6, 6.07) is 12.2. The number of nitrogens with zero attached hydrogens (tertiary/aromatic N) is 7. The Morgan fingerprint density at radius 3 is 2.44 bits per heavy atom. The molecule has 2 bridgehead atoms. The third-order valence-corrected chi connectivity index (χ3v) is 8.60. The molecule has 0 radical (unpaired) electrons. The lowest BCUT2D eigenvalue weighted by Crippen LogP contribution is -2.46. The van der Waals surface area contributed by atoms with Gasteiger partial charge in [0.25, 0.3) is 5.91 Å². The number of anilines is 1. The molecule has 3 atom stereocenters. The zero-order valence-corrected chi connectivity index (χ0v) is 23.0. The number of rotatable bonds is 6. The second-order valence-electron chi connectivity index (χ2n) is 10.8. The maximum absolute atomic E-state index is 13.2. The van der Waals surface area contributed by atoms with Gasteiger partial charge in [-0.3, -0.25) is 14.9 Å². The molecule has 3 N–H and O–H groups in total. The van der Waals surface area contributed by atoms with Crippen molar-refractivity contribution in [2.75, 3.05) is 12.8 Å². The Kier molecular flexibility index (Phi) is 6.14. The largest absolute Gasteiger partial charge is 0.497 e. The Morgan fingerprint density at radius 2 is 1.80 bits per heavy atom. The quantitative estimate of drug-likeness (QED) is 0.320. The molecule has 5 aromatic rings. The van der Waals surface area contributed by atoms with Crippen molar-refractivity contribution in [3.8, 4) is 28.1 Å². The first-order valence-corrected chi connectivity index (χ1v) is 14.0. The molecule has 1 unspecified atom stereocenters. The maximum atomic E-state index is 13.2. The second-order valence-corrected chi connectivity index (χ2v) is 10.8. The number of nitrogens with two attached hydrogens (primary N) is 1. The summed E-state index contributed by atoms with van der Waals surface area (Å²) in [4.78, 5) is 29.2. The van der Waals surface area contributed by atoms with Crippen LogP contribution in [0.3, 0.4) is 0 Å². The number of methoxy groups -OCH3 is 1. The first-order valence-electron chi connectivity index (χ1n) is 14.0. The number of piperidine rings is 1. The predicted octanol–water partition coefficient (Wildman–Crippen LogP) is 4.28. The lowest BCUT2D eigenvalue weighted by molar-refractivity contribution is 0.0557. The van der Waals surface area contributed by atoms with E-state index in [4.69, 9.17) is 20.4 Å². The molecule has 4 aromatic heterocycles. The predicted molar refractivity (Wildman–Crippen MR) is 153 cm³/mol. The SMILES string of the molecule is CCc1c(C2C[C@H]3CC[C@@H](C2)N3C(=O)c2ncn[nH]2)nc2c(-c3ccc(-c4ccc(OC)cc4)nc3)cnn2c1N. The number of hydrogen-bond donors (Lipinski definition) is 2. The molecular formula is C30H31N9O2. The molecule has 1 aromatic carbocycles. The Balaban J connectivity index is 1.21. The normalized spacial score (nSPS) is 20.0. The van der Waals surface area contributed by atoms with Gasteiger partial charge in [0.15, 0.2) is 5.65 Å². The van der Waals surface area contributed by atoms with Gasteiger partial charge in [-0.2, -0.15) is 14.7 Å². The molecular weight excluding hydrogens is 518 g/mol. The number of carbonyl (C=O) groups is 1. The number of H-pyrrole nitrogens is 1. The summed E-state index contributed by atoms with van der Waals surface area (Å²) >= 11 is 0. The third kappa shape index (κ3) is 4.19. The third-order valence-electron chi connectivity index (χ3n) is 8.60. The fourth-order valence-corrected chi connectivity index (χ4v) is 6.62. The smallest absolute Gasteiger partial charge is 0.291 e. The number of ether oxygens (including phenoxy) is 1. The van der Waals surface area contributed by atoms with Crippen molar-refractivity contribution in [1.82, 2.24) is 39.7 Å². The number of nitrogen functional groups attached to an aromatic ring is 1. The molecule has 2 aliphatic heterocycles. The van der Waals surface area contributed by atoms with E-state index in [0.29, 0.717) is 11.6 Å². The minimum absolute atomic E-state index is 0.0734. The van der Waals surface area contributed by atoms with Gasteiger partial charge >= 0.3 is 0 Å². The van der Waals surface area contributed by atoms with E-state index in [1.807, 2.05) is 53.7 Å². The van der Waals surface area contributed by atoms with Gasteiger partial charge in [0.1, 0.15) is 17.9 Å². The van der Waals surface area contributed by atoms with Crippen LogP contribution in [0.1, 0.15) is 60.4 Å². The zero-order valence-electron chi connectivity index (χ0n) is 23.0. The lowest BCUT2D eigenvalue weighted by Gasteiger charge is -2.38. The summed E-state index contributed by atoms with van der Waals surface area (Å²) in [6.45, 7) is 2.10. The number of carbonyl (C=O) groups excluding carboxylic acids is 1. The number of aromatic nitrogens is 7. The fourth-order valence-electron chi connectivity index (χ4n) is 6.62. The zero-order chi connectivity index (χ0) is 28.1. The van der Waals surface area contributed by atoms with Crippen molar-refractivity contribution in [2.24, 2.45) is 0 Å². The summed E-state index contributed by atoms with van der Waals surface area (Å²) in [6.07, 6.45) is 9.44. The van der Waals surface area contributed by atoms with Crippen molar-refractivity contribution in [3.63, 3.8) is 0 Å². The molecule has 0 spiro atoms. The molecule has 0 saturated carbocycles. The van der Waals surface area contributed by atoms with Crippen molar-refractivity contribution in [3.05, 3.63) is 72.2 Å². The highest BCUT2D eigenvalue weighted by atomic mass is 16.5. The molecule has 2 saturated heterocycles. The molecule has 0 aliphatic carbocycles. The molecule has 41 heavy (non-hydrogen) atoms. The molecule has 1 amide bonds. The van der Waals surface area contributed by atoms with E-state index in [-0.39, 0.29) is 23.9 Å². The van der Waals surface area contributed by atoms with Crippen molar-refractivity contribution >= 4 is 17.4 Å². The average molecular weight is 550 g/mol. The van der Waals surface area contributed by atoms with Gasteiger partial charge in [-0.15, -0.1) is 0 Å². The Bertz CT molecular complexity index is 1700. The van der Waals surface area contributed by atoms with E-state index in [2.05, 4.69) is 27.2 Å². The summed E-state index contributed by atoms with van der Waals surface area (Å²) in [5, 5.41) is 11.2. The summed E-state index contributed by atoms with van der Waals surface area (Å²) in [5.74, 6) is 1.85. The van der Waals surface area contributed by atoms with Crippen LogP contribution < -0.4 is 10.5 Å². The molecule has 11 heteroatoms. The van der Waals surface area contributed by atoms with Gasteiger partial charge in [-0.1, -0.05) is 13.0 Å². The van der Waals surface area contributed by atoms with Crippen LogP contribution in [0.5, 0.6) is 5.75 Å². The number of hydrogen-bond acceptors (Lipinski definition) is 8. The van der Waals surface area contributed by atoms with Gasteiger partial charge < -0.3 is 15.4 Å². The fraction of sp³-hybridized carbons (Fsp3) is 0.333. The van der Waals surface area contributed by atoms with Crippen LogP contribution in [-0.4, -0.2) is 64.8 Å². The van der Waals surface area contributed by atoms with E-state index >= 15 is 0 Å². The van der Waals surface area contributed by atoms with E-state index in [0.717, 1.165) is 77.1 Å². The highest BCUT2D eigenvalue weighted by Gasteiger charge is 2.45. The lowest BCUT2D eigenvalue weighted by atomic mass is 9.85. The molecule has 11 nitrogen and oxygen atoms in total. The number of pyridine rings is 1. The number of amides is 1. The van der Waals surface area contributed by atoms with Crippen molar-refractivity contribution < 1.29 is 9.53 Å². The second kappa shape index (κ2) is 9.99. The van der Waals surface area contributed by atoms with Crippen LogP contribution in [0.4, 0.5) is 5.82 Å². The van der Waals surface area contributed by atoms with Crippen LogP contribution in [0.15, 0.2) is 55.1 Å². The molecule has 7 rings (SSSR count). The number of fused-ring (bicyclic) bond motifs is 3. The van der Waals surface area contributed by atoms with Gasteiger partial charge in [-0.25, -0.2) is 9.97 Å². The van der Waals surface area contributed by atoms with Crippen molar-refractivity contribution in [2.45, 2.75) is 57.0 Å². The summed E-state index contributed by atoms with van der Waals surface area (Å²) in [7, 11) is 1.66. The summed E-state index contributed by atoms with van der Waals surface area (Å²) < 4.78 is 7.01. The van der Waals surface area contributed by atoms with Crippen molar-refractivity contribution in [1.29, 1.82) is 0 Å². The monoisotopic (exact) mass is 549 g/mol. The Morgan fingerprint density at radius 1 is 1.05 bits per heavy atom. The van der Waals surface area contributed by atoms with E-state index in [9.17, 15) is 4.79 Å².